The summed E-state index contributed by atoms with van der Waals surface area (Å²) in [6.45, 7) is 4.48. The fraction of sp³-hybridized carbons (Fsp3) is 0.304. The van der Waals surface area contributed by atoms with Crippen LogP contribution in [0, 0.1) is 18.3 Å². The maximum Gasteiger partial charge on any atom is 0.231 e. The first-order valence-corrected chi connectivity index (χ1v) is 10.6. The zero-order valence-electron chi connectivity index (χ0n) is 16.4. The van der Waals surface area contributed by atoms with Crippen molar-refractivity contribution < 1.29 is 14.6 Å². The first-order chi connectivity index (χ1) is 14.0. The molecule has 2 heterocycles. The number of aryl methyl sites for hydroxylation is 1. The number of benzene rings is 2. The van der Waals surface area contributed by atoms with Crippen LogP contribution in [-0.2, 0) is 10.5 Å². The molecule has 1 amide bonds. The van der Waals surface area contributed by atoms with Gasteiger partial charge in [0.1, 0.15) is 5.75 Å². The normalized spacial score (nSPS) is 23.7. The fourth-order valence-corrected chi connectivity index (χ4v) is 5.27. The molecule has 2 aromatic rings. The van der Waals surface area contributed by atoms with E-state index in [0.717, 1.165) is 16.9 Å². The molecule has 0 unspecified atom stereocenters. The van der Waals surface area contributed by atoms with Gasteiger partial charge in [-0.1, -0.05) is 42.0 Å². The summed E-state index contributed by atoms with van der Waals surface area (Å²) in [5, 5.41) is 21.9. The molecule has 0 spiro atoms. The number of thioether (sulfide) groups is 1. The van der Waals surface area contributed by atoms with E-state index < -0.39 is 5.72 Å². The van der Waals surface area contributed by atoms with Crippen LogP contribution in [0.1, 0.15) is 36.0 Å². The third-order valence-corrected chi connectivity index (χ3v) is 6.64. The molecular weight excluding hydrogens is 384 g/mol. The lowest BCUT2D eigenvalue weighted by Gasteiger charge is -2.38. The van der Waals surface area contributed by atoms with E-state index >= 15 is 0 Å². The summed E-state index contributed by atoms with van der Waals surface area (Å²) in [6, 6.07) is 17.4. The van der Waals surface area contributed by atoms with Gasteiger partial charge in [-0.15, -0.1) is 11.8 Å². The number of carbonyl (C=O) groups excluding carboxylic acids is 1. The molecule has 0 aliphatic carbocycles. The lowest BCUT2D eigenvalue weighted by molar-refractivity contribution is -0.149. The molecule has 29 heavy (non-hydrogen) atoms. The smallest absolute Gasteiger partial charge is 0.231 e. The van der Waals surface area contributed by atoms with Gasteiger partial charge < -0.3 is 9.84 Å². The van der Waals surface area contributed by atoms with Crippen molar-refractivity contribution >= 4 is 17.7 Å². The third-order valence-electron chi connectivity index (χ3n) is 5.42. The Bertz CT molecular complexity index is 1010. The summed E-state index contributed by atoms with van der Waals surface area (Å²) in [5.41, 5.74) is 1.74. The Morgan fingerprint density at radius 2 is 1.93 bits per heavy atom. The molecule has 0 bridgehead atoms. The van der Waals surface area contributed by atoms with Crippen LogP contribution < -0.4 is 4.74 Å². The molecule has 1 N–H and O–H groups in total. The van der Waals surface area contributed by atoms with Crippen molar-refractivity contribution in [3.05, 3.63) is 75.8 Å². The van der Waals surface area contributed by atoms with Crippen LogP contribution in [0.15, 0.2) is 59.1 Å². The maximum absolute atomic E-state index is 13.1. The molecule has 148 valence electrons. The van der Waals surface area contributed by atoms with Gasteiger partial charge in [0.2, 0.25) is 5.91 Å². The number of carbonyl (C=O) groups is 1. The standard InChI is InChI=1S/C23H22N2O3S/c1-3-28-18-10-6-16(7-11-18)19-12-21(26)25-22(20(19)13-24)29-14-23(25,27)17-8-4-15(2)5-9-17/h4-11,19,27H,3,12,14H2,1-2H3/t19-,23-/m0/s1. The minimum atomic E-state index is -1.43. The number of amides is 1. The number of hydrogen-bond donors (Lipinski definition) is 1. The van der Waals surface area contributed by atoms with Crippen molar-refractivity contribution in [2.45, 2.75) is 31.9 Å². The minimum absolute atomic E-state index is 0.148. The van der Waals surface area contributed by atoms with Gasteiger partial charge in [-0.25, -0.2) is 0 Å². The summed E-state index contributed by atoms with van der Waals surface area (Å²) in [4.78, 5) is 14.6. The number of nitriles is 1. The first kappa shape index (κ1) is 19.6. The number of fused-ring (bicyclic) bond motifs is 1. The quantitative estimate of drug-likeness (QED) is 0.830. The van der Waals surface area contributed by atoms with E-state index in [9.17, 15) is 15.2 Å². The van der Waals surface area contributed by atoms with Crippen LogP contribution in [0.5, 0.6) is 5.75 Å². The SMILES string of the molecule is CCOc1ccc([C@@H]2CC(=O)N3C(=C2C#N)SC[C@]3(O)c2ccc(C)cc2)cc1. The second kappa shape index (κ2) is 7.58. The summed E-state index contributed by atoms with van der Waals surface area (Å²) in [5.74, 6) is 0.571. The molecular formula is C23H22N2O3S. The summed E-state index contributed by atoms with van der Waals surface area (Å²) >= 11 is 1.37. The van der Waals surface area contributed by atoms with Gasteiger partial charge in [-0.3, -0.25) is 9.69 Å². The maximum atomic E-state index is 13.1. The van der Waals surface area contributed by atoms with Crippen molar-refractivity contribution in [3.8, 4) is 11.8 Å². The van der Waals surface area contributed by atoms with E-state index in [0.29, 0.717) is 28.5 Å². The van der Waals surface area contributed by atoms with Crippen LogP contribution >= 0.6 is 11.8 Å². The van der Waals surface area contributed by atoms with Crippen LogP contribution in [0.25, 0.3) is 0 Å². The minimum Gasteiger partial charge on any atom is -0.494 e. The highest BCUT2D eigenvalue weighted by molar-refractivity contribution is 8.03. The second-order valence-electron chi connectivity index (χ2n) is 7.29. The van der Waals surface area contributed by atoms with Crippen LogP contribution in [0.2, 0.25) is 0 Å². The molecule has 6 heteroatoms. The zero-order valence-corrected chi connectivity index (χ0v) is 17.2. The Hall–Kier alpha value is -2.75. The monoisotopic (exact) mass is 406 g/mol. The van der Waals surface area contributed by atoms with Gasteiger partial charge in [0.05, 0.1) is 29.0 Å². The molecule has 2 atom stereocenters. The molecule has 2 aliphatic rings. The van der Waals surface area contributed by atoms with Crippen molar-refractivity contribution in [2.24, 2.45) is 0 Å². The Labute approximate surface area is 174 Å². The number of nitrogens with zero attached hydrogens (tertiary/aromatic N) is 2. The number of ether oxygens (including phenoxy) is 1. The zero-order chi connectivity index (χ0) is 20.6. The van der Waals surface area contributed by atoms with E-state index in [1.807, 2.05) is 62.4 Å². The molecule has 4 rings (SSSR count). The Kier molecular flexibility index (Phi) is 5.12. The second-order valence-corrected chi connectivity index (χ2v) is 8.25. The molecule has 1 fully saturated rings. The molecule has 2 aromatic carbocycles. The predicted molar refractivity (Wildman–Crippen MR) is 112 cm³/mol. The highest BCUT2D eigenvalue weighted by Gasteiger charge is 2.51. The molecule has 1 saturated heterocycles. The number of hydrogen-bond acceptors (Lipinski definition) is 5. The van der Waals surface area contributed by atoms with E-state index in [1.165, 1.54) is 16.7 Å². The summed E-state index contributed by atoms with van der Waals surface area (Å²) in [7, 11) is 0. The van der Waals surface area contributed by atoms with Gasteiger partial charge in [0.15, 0.2) is 5.72 Å². The highest BCUT2D eigenvalue weighted by Crippen LogP contribution is 2.51. The first-order valence-electron chi connectivity index (χ1n) is 9.60. The van der Waals surface area contributed by atoms with Crippen molar-refractivity contribution in [3.63, 3.8) is 0 Å². The fourth-order valence-electron chi connectivity index (χ4n) is 3.91. The average molecular weight is 407 g/mol. The molecule has 0 saturated carbocycles. The molecule has 5 nitrogen and oxygen atoms in total. The summed E-state index contributed by atoms with van der Waals surface area (Å²) in [6.07, 6.45) is 0.148. The van der Waals surface area contributed by atoms with Crippen LogP contribution in [-0.4, -0.2) is 28.3 Å². The molecule has 2 aliphatic heterocycles. The number of aliphatic hydroxyl groups is 1. The van der Waals surface area contributed by atoms with E-state index in [1.54, 1.807) is 0 Å². The Morgan fingerprint density at radius 3 is 2.55 bits per heavy atom. The van der Waals surface area contributed by atoms with Crippen molar-refractivity contribution in [1.29, 1.82) is 5.26 Å². The van der Waals surface area contributed by atoms with Gasteiger partial charge in [-0.05, 0) is 31.5 Å². The van der Waals surface area contributed by atoms with Crippen molar-refractivity contribution in [2.75, 3.05) is 12.4 Å². The van der Waals surface area contributed by atoms with Gasteiger partial charge in [0.25, 0.3) is 0 Å². The van der Waals surface area contributed by atoms with Gasteiger partial charge in [0, 0.05) is 17.9 Å². The number of rotatable bonds is 4. The van der Waals surface area contributed by atoms with E-state index in [-0.39, 0.29) is 18.2 Å². The lowest BCUT2D eigenvalue weighted by atomic mass is 9.85. The highest BCUT2D eigenvalue weighted by atomic mass is 32.2. The van der Waals surface area contributed by atoms with E-state index in [4.69, 9.17) is 4.74 Å². The topological polar surface area (TPSA) is 73.6 Å². The van der Waals surface area contributed by atoms with Crippen molar-refractivity contribution in [1.82, 2.24) is 4.90 Å². The molecule has 0 aromatic heterocycles. The van der Waals surface area contributed by atoms with E-state index in [2.05, 4.69) is 6.07 Å². The lowest BCUT2D eigenvalue weighted by Crippen LogP contribution is -2.48. The van der Waals surface area contributed by atoms with Crippen LogP contribution in [0.3, 0.4) is 0 Å². The van der Waals surface area contributed by atoms with Crippen LogP contribution in [0.4, 0.5) is 0 Å². The largest absolute Gasteiger partial charge is 0.494 e. The van der Waals surface area contributed by atoms with Gasteiger partial charge in [-0.2, -0.15) is 5.26 Å². The third kappa shape index (κ3) is 3.31. The van der Waals surface area contributed by atoms with Gasteiger partial charge >= 0.3 is 0 Å². The predicted octanol–water partition coefficient (Wildman–Crippen LogP) is 4.04. The average Bonchev–Trinajstić information content (AvgIpc) is 3.08. The Morgan fingerprint density at radius 1 is 1.24 bits per heavy atom. The summed E-state index contributed by atoms with van der Waals surface area (Å²) < 4.78 is 5.49. The Balaban J connectivity index is 1.73. The number of allylic oxidation sites excluding steroid dienone is 1. The molecule has 0 radical (unpaired) electrons.